The fourth-order valence-electron chi connectivity index (χ4n) is 8.52. The van der Waals surface area contributed by atoms with Crippen LogP contribution in [0.25, 0.3) is 0 Å². The number of nitrogens with zero attached hydrogens (tertiary/aromatic N) is 5. The van der Waals surface area contributed by atoms with E-state index in [1.807, 2.05) is 9.80 Å². The van der Waals surface area contributed by atoms with Gasteiger partial charge in [0.1, 0.15) is 11.8 Å². The fourth-order valence-corrected chi connectivity index (χ4v) is 8.52. The number of aliphatic hydroxyl groups is 1. The van der Waals surface area contributed by atoms with Gasteiger partial charge in [-0.2, -0.15) is 0 Å². The molecule has 1 unspecified atom stereocenters. The first-order valence-corrected chi connectivity index (χ1v) is 21.1. The highest BCUT2D eigenvalue weighted by molar-refractivity contribution is 5.94. The van der Waals surface area contributed by atoms with Crippen molar-refractivity contribution in [1.29, 1.82) is 0 Å². The Kier molecular flexibility index (Phi) is 16.0. The van der Waals surface area contributed by atoms with Gasteiger partial charge >= 0.3 is 11.9 Å². The van der Waals surface area contributed by atoms with Crippen LogP contribution in [0.15, 0.2) is 54.6 Å². The van der Waals surface area contributed by atoms with Crippen molar-refractivity contribution in [2.75, 3.05) is 84.1 Å². The number of likely N-dealkylation sites (tertiary alicyclic amines) is 1. The van der Waals surface area contributed by atoms with Crippen molar-refractivity contribution in [1.82, 2.24) is 25.3 Å². The molecule has 0 saturated carbocycles. The van der Waals surface area contributed by atoms with Crippen LogP contribution in [0.2, 0.25) is 0 Å². The fraction of sp³-hybridized carbons (Fsp3) is 0.558. The Hall–Kier alpha value is -5.63. The molecule has 5 atom stereocenters. The van der Waals surface area contributed by atoms with Crippen molar-refractivity contribution in [3.8, 4) is 5.75 Å². The Morgan fingerprint density at radius 1 is 0.903 bits per heavy atom. The molecule has 2 aromatic carbocycles. The number of ether oxygens (including phenoxy) is 2. The molecule has 0 bridgehead atoms. The quantitative estimate of drug-likeness (QED) is 0.133. The van der Waals surface area contributed by atoms with Gasteiger partial charge in [0.2, 0.25) is 17.7 Å². The zero-order valence-corrected chi connectivity index (χ0v) is 36.1. The second kappa shape index (κ2) is 21.0. The smallest absolute Gasteiger partial charge is 0.345 e. The van der Waals surface area contributed by atoms with Crippen molar-refractivity contribution in [3.05, 3.63) is 60.2 Å². The second-order valence-corrected chi connectivity index (χ2v) is 17.1. The van der Waals surface area contributed by atoms with Crippen LogP contribution >= 0.6 is 0 Å². The molecule has 0 aliphatic carbocycles. The van der Waals surface area contributed by atoms with Gasteiger partial charge in [0.05, 0.1) is 44.3 Å². The zero-order chi connectivity index (χ0) is 45.2. The summed E-state index contributed by atoms with van der Waals surface area (Å²) in [4.78, 5) is 99.2. The number of piperazine rings is 1. The number of primary amides is 2. The number of carbonyl (C=O) groups excluding carboxylic acids is 7. The summed E-state index contributed by atoms with van der Waals surface area (Å²) in [6, 6.07) is 11.7. The molecule has 8 amide bonds. The number of quaternary nitrogens is 1. The Bertz CT molecular complexity index is 1910. The lowest BCUT2D eigenvalue weighted by atomic mass is 9.93. The highest BCUT2D eigenvalue weighted by atomic mass is 16.5. The summed E-state index contributed by atoms with van der Waals surface area (Å²) < 4.78 is 10.6. The van der Waals surface area contributed by atoms with E-state index in [0.717, 1.165) is 0 Å². The zero-order valence-electron chi connectivity index (χ0n) is 36.1. The first kappa shape index (κ1) is 47.4. The van der Waals surface area contributed by atoms with Crippen molar-refractivity contribution in [3.63, 3.8) is 0 Å². The lowest BCUT2D eigenvalue weighted by molar-refractivity contribution is -0.904. The molecule has 0 aromatic heterocycles. The van der Waals surface area contributed by atoms with Gasteiger partial charge in [-0.1, -0.05) is 30.3 Å². The number of morpholine rings is 1. The lowest BCUT2D eigenvalue weighted by Gasteiger charge is -2.47. The summed E-state index contributed by atoms with van der Waals surface area (Å²) in [5.74, 6) is -3.73. The van der Waals surface area contributed by atoms with Gasteiger partial charge in [-0.3, -0.25) is 28.9 Å². The van der Waals surface area contributed by atoms with Gasteiger partial charge in [-0.15, -0.1) is 0 Å². The van der Waals surface area contributed by atoms with Crippen molar-refractivity contribution in [2.45, 2.75) is 76.2 Å². The molecule has 2 aromatic rings. The largest absolute Gasteiger partial charge is 0.484 e. The standard InChI is InChI=1S/C43H61N9O10/c1-43(2,3)52(22-8-11-34(52)39(45)57)41(59)38(56)32(25-29-9-6-5-7-10-29)47-40(58)33(26-35(44)53)46-36(54)28-62-31-14-12-30(13-15-31)48(4)37(55)27-49-16-18-50(19-17-49)42(60)51-20-23-61-24-21-51/h5-7,9-10,12-15,32-34,38,56H,8,11,16-28H2,1-4H3,(H5-,44,45,46,47,53,54,57,58)/p+1/t32-,33-,34-,38-,52?/m0/s1. The third-order valence-electron chi connectivity index (χ3n) is 12.0. The van der Waals surface area contributed by atoms with Crippen molar-refractivity contribution < 1.29 is 52.6 Å². The number of anilines is 1. The van der Waals surface area contributed by atoms with E-state index in [0.29, 0.717) is 82.3 Å². The van der Waals surface area contributed by atoms with Gasteiger partial charge in [0.15, 0.2) is 18.8 Å². The first-order valence-electron chi connectivity index (χ1n) is 21.1. The Morgan fingerprint density at radius 3 is 2.13 bits per heavy atom. The summed E-state index contributed by atoms with van der Waals surface area (Å²) >= 11 is 0. The monoisotopic (exact) mass is 864 g/mol. The van der Waals surface area contributed by atoms with Crippen LogP contribution in [0.4, 0.5) is 10.5 Å². The van der Waals surface area contributed by atoms with E-state index in [4.69, 9.17) is 20.9 Å². The molecule has 62 heavy (non-hydrogen) atoms. The highest BCUT2D eigenvalue weighted by Gasteiger charge is 2.60. The van der Waals surface area contributed by atoms with Crippen LogP contribution in [0.5, 0.6) is 5.75 Å². The summed E-state index contributed by atoms with van der Waals surface area (Å²) in [5, 5.41) is 16.9. The van der Waals surface area contributed by atoms with E-state index < -0.39 is 76.8 Å². The molecule has 3 saturated heterocycles. The van der Waals surface area contributed by atoms with Crippen LogP contribution in [-0.2, 0) is 39.9 Å². The van der Waals surface area contributed by atoms with E-state index in [2.05, 4.69) is 10.6 Å². The number of benzene rings is 2. The Morgan fingerprint density at radius 2 is 1.53 bits per heavy atom. The van der Waals surface area contributed by atoms with Crippen LogP contribution < -0.4 is 31.7 Å². The molecule has 19 nitrogen and oxygen atoms in total. The molecule has 0 spiro atoms. The minimum atomic E-state index is -1.81. The van der Waals surface area contributed by atoms with E-state index in [9.17, 15) is 38.7 Å². The molecule has 3 aliphatic rings. The number of nitrogens with one attached hydrogen (secondary N) is 2. The number of hydrogen-bond acceptors (Lipinski definition) is 11. The maximum Gasteiger partial charge on any atom is 0.345 e. The number of urea groups is 1. The summed E-state index contributed by atoms with van der Waals surface area (Å²) in [6.45, 7) is 9.66. The number of hydrogen-bond donors (Lipinski definition) is 5. The van der Waals surface area contributed by atoms with Gasteiger partial charge in [0, 0.05) is 64.8 Å². The normalized spacial score (nSPS) is 21.0. The second-order valence-electron chi connectivity index (χ2n) is 17.1. The lowest BCUT2D eigenvalue weighted by Crippen LogP contribution is -2.72. The number of likely N-dealkylation sites (N-methyl/N-ethyl adjacent to an activating group) is 1. The van der Waals surface area contributed by atoms with E-state index >= 15 is 0 Å². The van der Waals surface area contributed by atoms with E-state index in [1.165, 1.54) is 4.90 Å². The summed E-state index contributed by atoms with van der Waals surface area (Å²) in [5.41, 5.74) is 11.7. The minimum Gasteiger partial charge on any atom is -0.484 e. The molecule has 3 fully saturated rings. The summed E-state index contributed by atoms with van der Waals surface area (Å²) in [7, 11) is 1.65. The van der Waals surface area contributed by atoms with Gasteiger partial charge in [-0.05, 0) is 57.0 Å². The SMILES string of the molecule is CN(C(=O)CN1CCN(C(=O)N2CCOCC2)CC1)c1ccc(OCC(=O)N[C@@H](CC(N)=O)C(=O)N[C@@H](Cc2ccccc2)[C@H](O)C(=O)[N+]2(C(C)(C)C)CCC[C@H]2C(N)=O)cc1. The number of carbonyl (C=O) groups is 7. The van der Waals surface area contributed by atoms with E-state index in [1.54, 1.807) is 87.3 Å². The minimum absolute atomic E-state index is 0.00308. The maximum atomic E-state index is 14.4. The molecule has 3 aliphatic heterocycles. The molecular formula is C43H62N9O10+. The van der Waals surface area contributed by atoms with E-state index in [-0.39, 0.29) is 31.4 Å². The average molecular weight is 865 g/mol. The van der Waals surface area contributed by atoms with Crippen molar-refractivity contribution >= 4 is 47.2 Å². The molecule has 338 valence electrons. The third kappa shape index (κ3) is 11.6. The maximum absolute atomic E-state index is 14.4. The molecule has 7 N–H and O–H groups in total. The number of amides is 8. The van der Waals surface area contributed by atoms with Crippen LogP contribution in [0, 0.1) is 0 Å². The van der Waals surface area contributed by atoms with Crippen LogP contribution in [0.1, 0.15) is 45.6 Å². The van der Waals surface area contributed by atoms with Crippen LogP contribution in [0.3, 0.4) is 0 Å². The number of nitrogens with two attached hydrogens (primary N) is 2. The van der Waals surface area contributed by atoms with Gasteiger partial charge in [0.25, 0.3) is 11.8 Å². The highest BCUT2D eigenvalue weighted by Crippen LogP contribution is 2.38. The molecule has 5 rings (SSSR count). The predicted octanol–water partition coefficient (Wildman–Crippen LogP) is -0.664. The average Bonchev–Trinajstić information content (AvgIpc) is 3.73. The number of rotatable bonds is 16. The molecular weight excluding hydrogens is 803 g/mol. The van der Waals surface area contributed by atoms with Crippen LogP contribution in [-0.4, -0.2) is 175 Å². The molecule has 3 heterocycles. The van der Waals surface area contributed by atoms with Crippen molar-refractivity contribution in [2.24, 2.45) is 11.5 Å². The molecule has 0 radical (unpaired) electrons. The van der Waals surface area contributed by atoms with Gasteiger partial charge in [-0.25, -0.2) is 14.1 Å². The third-order valence-corrected chi connectivity index (χ3v) is 12.0. The predicted molar refractivity (Wildman–Crippen MR) is 227 cm³/mol. The van der Waals surface area contributed by atoms with Gasteiger partial charge < -0.3 is 51.4 Å². The molecule has 19 heteroatoms. The Balaban J connectivity index is 1.17. The number of aliphatic hydroxyl groups excluding tert-OH is 1. The summed E-state index contributed by atoms with van der Waals surface area (Å²) in [6.07, 6.45) is -1.52. The first-order chi connectivity index (χ1) is 29.4. The topological polar surface area (TPSA) is 247 Å². The Labute approximate surface area is 362 Å².